The molecule has 1 saturated heterocycles. The molecule has 0 saturated carbocycles. The van der Waals surface area contributed by atoms with E-state index in [1.54, 1.807) is 11.3 Å². The zero-order chi connectivity index (χ0) is 16.8. The Morgan fingerprint density at radius 2 is 2.09 bits per heavy atom. The van der Waals surface area contributed by atoms with Gasteiger partial charge in [0.2, 0.25) is 0 Å². The van der Waals surface area contributed by atoms with Crippen LogP contribution < -0.4 is 10.6 Å². The Morgan fingerprint density at radius 1 is 1.39 bits per heavy atom. The standard InChI is InChI=1S/C16H28N4O2S/c1-11-4-6-20(7-5-11)10-14(21)8-17-16(22)18-9-15-12(2)19-13(3)23-15/h11,14,21H,4-10H2,1-3H3,(H2,17,18,22). The van der Waals surface area contributed by atoms with Crippen LogP contribution >= 0.6 is 11.3 Å². The number of aryl methyl sites for hydroxylation is 2. The molecule has 1 aliphatic rings. The highest BCUT2D eigenvalue weighted by Gasteiger charge is 2.18. The predicted molar refractivity (Wildman–Crippen MR) is 92.7 cm³/mol. The van der Waals surface area contributed by atoms with Crippen molar-refractivity contribution in [1.29, 1.82) is 0 Å². The second kappa shape index (κ2) is 8.61. The molecule has 0 bridgehead atoms. The molecule has 1 aliphatic heterocycles. The van der Waals surface area contributed by atoms with Gasteiger partial charge in [-0.3, -0.25) is 0 Å². The first kappa shape index (κ1) is 18.2. The molecule has 0 radical (unpaired) electrons. The molecule has 1 fully saturated rings. The van der Waals surface area contributed by atoms with Gasteiger partial charge in [-0.15, -0.1) is 11.3 Å². The van der Waals surface area contributed by atoms with Gasteiger partial charge in [0.05, 0.1) is 23.4 Å². The number of aromatic nitrogens is 1. The second-order valence-electron chi connectivity index (χ2n) is 6.44. The van der Waals surface area contributed by atoms with E-state index in [9.17, 15) is 9.90 Å². The van der Waals surface area contributed by atoms with Crippen LogP contribution in [0.2, 0.25) is 0 Å². The normalized spacial score (nSPS) is 17.9. The molecule has 2 amide bonds. The quantitative estimate of drug-likeness (QED) is 0.736. The van der Waals surface area contributed by atoms with E-state index in [1.165, 1.54) is 12.8 Å². The number of amides is 2. The maximum atomic E-state index is 11.8. The van der Waals surface area contributed by atoms with Gasteiger partial charge >= 0.3 is 6.03 Å². The van der Waals surface area contributed by atoms with Gasteiger partial charge in [-0.1, -0.05) is 6.92 Å². The van der Waals surface area contributed by atoms with Crippen LogP contribution in [-0.4, -0.2) is 53.3 Å². The molecule has 2 rings (SSSR count). The number of aliphatic hydroxyl groups excluding tert-OH is 1. The number of urea groups is 1. The summed E-state index contributed by atoms with van der Waals surface area (Å²) in [6.07, 6.45) is 1.85. The molecule has 23 heavy (non-hydrogen) atoms. The molecule has 1 aromatic heterocycles. The molecule has 0 aromatic carbocycles. The Hall–Kier alpha value is -1.18. The van der Waals surface area contributed by atoms with E-state index in [-0.39, 0.29) is 12.6 Å². The van der Waals surface area contributed by atoms with Gasteiger partial charge in [0.25, 0.3) is 0 Å². The third-order valence-corrected chi connectivity index (χ3v) is 5.33. The van der Waals surface area contributed by atoms with Crippen LogP contribution in [0.5, 0.6) is 0 Å². The van der Waals surface area contributed by atoms with E-state index in [2.05, 4.69) is 27.4 Å². The van der Waals surface area contributed by atoms with Crippen LogP contribution in [0.15, 0.2) is 0 Å². The minimum absolute atomic E-state index is 0.248. The molecular formula is C16H28N4O2S. The van der Waals surface area contributed by atoms with E-state index in [1.807, 2.05) is 13.8 Å². The third-order valence-electron chi connectivity index (χ3n) is 4.25. The fraction of sp³-hybridized carbons (Fsp3) is 0.750. The van der Waals surface area contributed by atoms with Crippen molar-refractivity contribution < 1.29 is 9.90 Å². The van der Waals surface area contributed by atoms with Gasteiger partial charge in [0.15, 0.2) is 0 Å². The Labute approximate surface area is 142 Å². The van der Waals surface area contributed by atoms with Crippen molar-refractivity contribution in [2.45, 2.75) is 46.3 Å². The number of nitrogens with zero attached hydrogens (tertiary/aromatic N) is 2. The number of nitrogens with one attached hydrogen (secondary N) is 2. The van der Waals surface area contributed by atoms with E-state index < -0.39 is 6.10 Å². The first-order valence-electron chi connectivity index (χ1n) is 8.29. The highest BCUT2D eigenvalue weighted by atomic mass is 32.1. The molecule has 6 nitrogen and oxygen atoms in total. The Morgan fingerprint density at radius 3 is 2.70 bits per heavy atom. The van der Waals surface area contributed by atoms with Crippen molar-refractivity contribution in [1.82, 2.24) is 20.5 Å². The van der Waals surface area contributed by atoms with Crippen LogP contribution in [0.25, 0.3) is 0 Å². The van der Waals surface area contributed by atoms with Crippen molar-refractivity contribution in [2.24, 2.45) is 5.92 Å². The minimum Gasteiger partial charge on any atom is -0.390 e. The van der Waals surface area contributed by atoms with Crippen LogP contribution in [0.4, 0.5) is 4.79 Å². The Balaban J connectivity index is 1.62. The summed E-state index contributed by atoms with van der Waals surface area (Å²) in [6.45, 7) is 9.62. The average molecular weight is 340 g/mol. The summed E-state index contributed by atoms with van der Waals surface area (Å²) in [5, 5.41) is 16.6. The molecule has 2 heterocycles. The molecule has 1 aromatic rings. The Kier molecular flexibility index (Phi) is 6.80. The molecule has 130 valence electrons. The number of β-amino-alcohol motifs (C(OH)–C–C–N with tert-alkyl or cyclic N) is 1. The summed E-state index contributed by atoms with van der Waals surface area (Å²) in [5.41, 5.74) is 0.965. The summed E-state index contributed by atoms with van der Waals surface area (Å²) in [4.78, 5) is 19.5. The lowest BCUT2D eigenvalue weighted by molar-refractivity contribution is 0.0920. The van der Waals surface area contributed by atoms with Crippen LogP contribution in [-0.2, 0) is 6.54 Å². The van der Waals surface area contributed by atoms with Crippen molar-refractivity contribution >= 4 is 17.4 Å². The summed E-state index contributed by atoms with van der Waals surface area (Å²) in [6, 6.07) is -0.248. The first-order valence-corrected chi connectivity index (χ1v) is 9.10. The summed E-state index contributed by atoms with van der Waals surface area (Å²) < 4.78 is 0. The number of hydrogen-bond acceptors (Lipinski definition) is 5. The number of hydrogen-bond donors (Lipinski definition) is 3. The molecule has 1 unspecified atom stereocenters. The van der Waals surface area contributed by atoms with Crippen molar-refractivity contribution in [3.8, 4) is 0 Å². The number of carbonyl (C=O) groups is 1. The predicted octanol–water partition coefficient (Wildman–Crippen LogP) is 1.65. The van der Waals surface area contributed by atoms with Gasteiger partial charge in [0.1, 0.15) is 0 Å². The van der Waals surface area contributed by atoms with E-state index in [4.69, 9.17) is 0 Å². The Bertz CT molecular complexity index is 512. The van der Waals surface area contributed by atoms with Crippen LogP contribution in [0, 0.1) is 19.8 Å². The van der Waals surface area contributed by atoms with Gasteiger partial charge in [-0.05, 0) is 45.7 Å². The van der Waals surface area contributed by atoms with E-state index >= 15 is 0 Å². The van der Waals surface area contributed by atoms with Crippen LogP contribution in [0.3, 0.4) is 0 Å². The molecule has 1 atom stereocenters. The number of aliphatic hydroxyl groups is 1. The monoisotopic (exact) mass is 340 g/mol. The number of likely N-dealkylation sites (tertiary alicyclic amines) is 1. The maximum absolute atomic E-state index is 11.8. The van der Waals surface area contributed by atoms with E-state index in [0.717, 1.165) is 34.6 Å². The lowest BCUT2D eigenvalue weighted by Crippen LogP contribution is -2.45. The molecule has 3 N–H and O–H groups in total. The van der Waals surface area contributed by atoms with Gasteiger partial charge in [0, 0.05) is 18.0 Å². The number of carbonyl (C=O) groups excluding carboxylic acids is 1. The molecule has 7 heteroatoms. The highest BCUT2D eigenvalue weighted by Crippen LogP contribution is 2.17. The average Bonchev–Trinajstić information content (AvgIpc) is 2.83. The fourth-order valence-electron chi connectivity index (χ4n) is 2.78. The second-order valence-corrected chi connectivity index (χ2v) is 7.73. The van der Waals surface area contributed by atoms with Gasteiger partial charge in [-0.2, -0.15) is 0 Å². The number of piperidine rings is 1. The lowest BCUT2D eigenvalue weighted by Gasteiger charge is -2.31. The molecule has 0 spiro atoms. The summed E-state index contributed by atoms with van der Waals surface area (Å²) in [7, 11) is 0. The minimum atomic E-state index is -0.526. The van der Waals surface area contributed by atoms with Crippen molar-refractivity contribution in [3.05, 3.63) is 15.6 Å². The van der Waals surface area contributed by atoms with E-state index in [0.29, 0.717) is 13.1 Å². The smallest absolute Gasteiger partial charge is 0.315 e. The SMILES string of the molecule is Cc1nc(C)c(CNC(=O)NCC(O)CN2CCC(C)CC2)s1. The summed E-state index contributed by atoms with van der Waals surface area (Å²) in [5.74, 6) is 0.783. The largest absolute Gasteiger partial charge is 0.390 e. The topological polar surface area (TPSA) is 77.5 Å². The van der Waals surface area contributed by atoms with Crippen LogP contribution in [0.1, 0.15) is 35.3 Å². The summed E-state index contributed by atoms with van der Waals surface area (Å²) >= 11 is 1.59. The van der Waals surface area contributed by atoms with Crippen molar-refractivity contribution in [2.75, 3.05) is 26.2 Å². The lowest BCUT2D eigenvalue weighted by atomic mass is 9.99. The van der Waals surface area contributed by atoms with Gasteiger partial charge in [-0.25, -0.2) is 9.78 Å². The zero-order valence-corrected chi connectivity index (χ0v) is 15.1. The highest BCUT2D eigenvalue weighted by molar-refractivity contribution is 7.11. The third kappa shape index (κ3) is 6.08. The molecule has 0 aliphatic carbocycles. The number of thiazole rings is 1. The number of rotatable bonds is 6. The van der Waals surface area contributed by atoms with Crippen molar-refractivity contribution in [3.63, 3.8) is 0 Å². The molecular weight excluding hydrogens is 312 g/mol. The zero-order valence-electron chi connectivity index (χ0n) is 14.3. The fourth-order valence-corrected chi connectivity index (χ4v) is 3.66. The maximum Gasteiger partial charge on any atom is 0.315 e. The van der Waals surface area contributed by atoms with Gasteiger partial charge < -0.3 is 20.6 Å². The first-order chi connectivity index (χ1) is 10.9.